The molecule has 2 amide bonds. The highest BCUT2D eigenvalue weighted by Gasteiger charge is 2.34. The monoisotopic (exact) mass is 227 g/mol. The number of rotatable bonds is 3. The molecule has 1 unspecified atom stereocenters. The molecule has 1 aliphatic rings. The first-order valence-corrected chi connectivity index (χ1v) is 4.86. The van der Waals surface area contributed by atoms with Crippen LogP contribution in [0.3, 0.4) is 0 Å². The lowest BCUT2D eigenvalue weighted by molar-refractivity contribution is -0.144. The van der Waals surface area contributed by atoms with E-state index in [1.165, 1.54) is 18.1 Å². The van der Waals surface area contributed by atoms with Gasteiger partial charge in [-0.3, -0.25) is 0 Å². The highest BCUT2D eigenvalue weighted by Crippen LogP contribution is 2.18. The van der Waals surface area contributed by atoms with Gasteiger partial charge in [0.25, 0.3) is 0 Å². The first-order chi connectivity index (χ1) is 7.70. The second-order valence-corrected chi connectivity index (χ2v) is 3.26. The van der Waals surface area contributed by atoms with Gasteiger partial charge in [-0.2, -0.15) is 4.99 Å². The van der Waals surface area contributed by atoms with Crippen LogP contribution in [0, 0.1) is 0 Å². The highest BCUT2D eigenvalue weighted by molar-refractivity contribution is 5.84. The zero-order valence-electron chi connectivity index (χ0n) is 8.93. The summed E-state index contributed by atoms with van der Waals surface area (Å²) >= 11 is 0. The van der Waals surface area contributed by atoms with Crippen LogP contribution in [0.25, 0.3) is 0 Å². The summed E-state index contributed by atoms with van der Waals surface area (Å²) in [6, 6.07) is -0.961. The molecule has 1 N–H and O–H groups in total. The second kappa shape index (κ2) is 5.87. The number of amides is 2. The topological polar surface area (TPSA) is 88.1 Å². The Labute approximate surface area is 92.5 Å². The number of isocyanates is 1. The molecule has 0 bridgehead atoms. The number of nitrogens with zero attached hydrogens (tertiary/aromatic N) is 2. The van der Waals surface area contributed by atoms with E-state index in [0.29, 0.717) is 13.0 Å². The molecule has 1 atom stereocenters. The molecule has 1 fully saturated rings. The van der Waals surface area contributed by atoms with Crippen molar-refractivity contribution in [2.45, 2.75) is 18.9 Å². The van der Waals surface area contributed by atoms with Crippen molar-refractivity contribution in [1.29, 1.82) is 0 Å². The molecule has 1 heterocycles. The number of likely N-dealkylation sites (tertiary alicyclic amines) is 1. The van der Waals surface area contributed by atoms with E-state index < -0.39 is 18.0 Å². The van der Waals surface area contributed by atoms with Crippen molar-refractivity contribution in [3.63, 3.8) is 0 Å². The molecule has 0 aromatic rings. The van der Waals surface area contributed by atoms with E-state index in [1.54, 1.807) is 0 Å². The van der Waals surface area contributed by atoms with E-state index in [0.717, 1.165) is 6.42 Å². The maximum Gasteiger partial charge on any atom is 0.328 e. The summed E-state index contributed by atoms with van der Waals surface area (Å²) in [5.74, 6) is -0.425. The van der Waals surface area contributed by atoms with E-state index in [9.17, 15) is 14.4 Å². The van der Waals surface area contributed by atoms with Crippen molar-refractivity contribution in [3.8, 4) is 0 Å². The molecule has 88 valence electrons. The zero-order valence-corrected chi connectivity index (χ0v) is 8.93. The van der Waals surface area contributed by atoms with Gasteiger partial charge in [0.2, 0.25) is 6.08 Å². The number of hydrogen-bond donors (Lipinski definition) is 1. The van der Waals surface area contributed by atoms with Gasteiger partial charge >= 0.3 is 12.0 Å². The quantitative estimate of drug-likeness (QED) is 0.404. The lowest BCUT2D eigenvalue weighted by Gasteiger charge is -2.22. The Hall–Kier alpha value is -1.88. The average Bonchev–Trinajstić information content (AvgIpc) is 2.77. The first-order valence-electron chi connectivity index (χ1n) is 4.86. The first kappa shape index (κ1) is 12.2. The van der Waals surface area contributed by atoms with Crippen LogP contribution < -0.4 is 5.32 Å². The number of carbonyl (C=O) groups excluding carboxylic acids is 3. The van der Waals surface area contributed by atoms with E-state index in [4.69, 9.17) is 0 Å². The molecule has 0 spiro atoms. The summed E-state index contributed by atoms with van der Waals surface area (Å²) in [5.41, 5.74) is 0. The van der Waals surface area contributed by atoms with Gasteiger partial charge in [-0.1, -0.05) is 0 Å². The third-order valence-corrected chi connectivity index (χ3v) is 2.36. The number of esters is 1. The lowest BCUT2D eigenvalue weighted by Crippen LogP contribution is -2.46. The summed E-state index contributed by atoms with van der Waals surface area (Å²) in [7, 11) is 1.29. The van der Waals surface area contributed by atoms with Crippen molar-refractivity contribution in [2.24, 2.45) is 4.99 Å². The molecular formula is C9H13N3O4. The summed E-state index contributed by atoms with van der Waals surface area (Å²) in [6.45, 7) is 0.364. The van der Waals surface area contributed by atoms with E-state index in [2.05, 4.69) is 15.0 Å². The van der Waals surface area contributed by atoms with E-state index in [-0.39, 0.29) is 6.67 Å². The van der Waals surface area contributed by atoms with Crippen LogP contribution in [0.2, 0.25) is 0 Å². The lowest BCUT2D eigenvalue weighted by atomic mass is 10.2. The smallest absolute Gasteiger partial charge is 0.328 e. The molecule has 0 aromatic carbocycles. The van der Waals surface area contributed by atoms with Crippen LogP contribution in [0.5, 0.6) is 0 Å². The van der Waals surface area contributed by atoms with Gasteiger partial charge in [-0.25, -0.2) is 14.4 Å². The van der Waals surface area contributed by atoms with Gasteiger partial charge in [-0.15, -0.1) is 0 Å². The molecule has 0 saturated carbocycles. The number of ether oxygens (including phenoxy) is 1. The zero-order chi connectivity index (χ0) is 12.0. The van der Waals surface area contributed by atoms with Crippen LogP contribution in [0.1, 0.15) is 12.8 Å². The fraction of sp³-hybridized carbons (Fsp3) is 0.667. The van der Waals surface area contributed by atoms with Gasteiger partial charge < -0.3 is 15.0 Å². The molecular weight excluding hydrogens is 214 g/mol. The van der Waals surface area contributed by atoms with Gasteiger partial charge in [0.1, 0.15) is 12.7 Å². The Morgan fingerprint density at radius 1 is 1.62 bits per heavy atom. The molecule has 0 aromatic heterocycles. The summed E-state index contributed by atoms with van der Waals surface area (Å²) in [4.78, 5) is 37.3. The number of methoxy groups -OCH3 is 1. The summed E-state index contributed by atoms with van der Waals surface area (Å²) in [6.07, 6.45) is 2.66. The van der Waals surface area contributed by atoms with E-state index >= 15 is 0 Å². The Bertz CT molecular complexity index is 325. The Balaban J connectivity index is 2.53. The maximum absolute atomic E-state index is 11.6. The molecule has 7 nitrogen and oxygen atoms in total. The maximum atomic E-state index is 11.6. The van der Waals surface area contributed by atoms with Gasteiger partial charge in [0.05, 0.1) is 7.11 Å². The largest absolute Gasteiger partial charge is 0.467 e. The predicted octanol–water partition coefficient (Wildman–Crippen LogP) is -0.373. The molecule has 1 saturated heterocycles. The Kier molecular flexibility index (Phi) is 4.47. The normalized spacial score (nSPS) is 18.8. The fourth-order valence-corrected chi connectivity index (χ4v) is 1.63. The molecule has 0 radical (unpaired) electrons. The minimum atomic E-state index is -0.537. The van der Waals surface area contributed by atoms with Crippen LogP contribution >= 0.6 is 0 Å². The number of aliphatic imine (C=N–C) groups is 1. The van der Waals surface area contributed by atoms with Crippen LogP contribution in [0.15, 0.2) is 4.99 Å². The third-order valence-electron chi connectivity index (χ3n) is 2.36. The van der Waals surface area contributed by atoms with Crippen LogP contribution in [-0.2, 0) is 14.3 Å². The highest BCUT2D eigenvalue weighted by atomic mass is 16.5. The van der Waals surface area contributed by atoms with Gasteiger partial charge in [-0.05, 0) is 12.8 Å². The molecule has 0 aliphatic carbocycles. The Morgan fingerprint density at radius 2 is 2.38 bits per heavy atom. The van der Waals surface area contributed by atoms with Gasteiger partial charge in [0.15, 0.2) is 0 Å². The van der Waals surface area contributed by atoms with Crippen LogP contribution in [0.4, 0.5) is 4.79 Å². The second-order valence-electron chi connectivity index (χ2n) is 3.26. The van der Waals surface area contributed by atoms with Crippen molar-refractivity contribution in [3.05, 3.63) is 0 Å². The standard InChI is InChI=1S/C9H13N3O4/c1-16-8(14)7-3-2-4-12(7)9(15)11-5-10-6-13/h7H,2-5H2,1H3,(H,11,15). The molecule has 16 heavy (non-hydrogen) atoms. The third kappa shape index (κ3) is 2.80. The number of hydrogen-bond acceptors (Lipinski definition) is 5. The fourth-order valence-electron chi connectivity index (χ4n) is 1.63. The predicted molar refractivity (Wildman–Crippen MR) is 53.3 cm³/mol. The van der Waals surface area contributed by atoms with Crippen molar-refractivity contribution >= 4 is 18.1 Å². The van der Waals surface area contributed by atoms with Crippen LogP contribution in [-0.4, -0.2) is 49.3 Å². The number of nitrogens with one attached hydrogen (secondary N) is 1. The minimum Gasteiger partial charge on any atom is -0.467 e. The van der Waals surface area contributed by atoms with Crippen molar-refractivity contribution in [2.75, 3.05) is 20.3 Å². The molecule has 1 rings (SSSR count). The summed E-state index contributed by atoms with van der Waals surface area (Å²) in [5, 5.41) is 2.38. The molecule has 1 aliphatic heterocycles. The van der Waals surface area contributed by atoms with Crippen molar-refractivity contribution < 1.29 is 19.1 Å². The number of carbonyl (C=O) groups is 2. The van der Waals surface area contributed by atoms with E-state index in [1.807, 2.05) is 0 Å². The van der Waals surface area contributed by atoms with Crippen molar-refractivity contribution in [1.82, 2.24) is 10.2 Å². The number of urea groups is 1. The summed E-state index contributed by atoms with van der Waals surface area (Å²) < 4.78 is 4.59. The Morgan fingerprint density at radius 3 is 3.00 bits per heavy atom. The minimum absolute atomic E-state index is 0.132. The van der Waals surface area contributed by atoms with Gasteiger partial charge in [0, 0.05) is 6.54 Å². The average molecular weight is 227 g/mol. The SMILES string of the molecule is COC(=O)C1CCCN1C(=O)NCN=C=O. The molecule has 7 heteroatoms.